The van der Waals surface area contributed by atoms with Gasteiger partial charge in [-0.05, 0) is 49.6 Å². The zero-order chi connectivity index (χ0) is 23.2. The van der Waals surface area contributed by atoms with E-state index >= 15 is 0 Å². The highest BCUT2D eigenvalue weighted by Gasteiger charge is 2.24. The molecule has 0 aliphatic heterocycles. The third-order valence-corrected chi connectivity index (χ3v) is 8.03. The van der Waals surface area contributed by atoms with Crippen molar-refractivity contribution in [1.82, 2.24) is 0 Å². The van der Waals surface area contributed by atoms with Crippen LogP contribution >= 0.6 is 11.3 Å². The second kappa shape index (κ2) is 10.5. The molecule has 0 amide bonds. The van der Waals surface area contributed by atoms with E-state index in [9.17, 15) is 16.8 Å². The first kappa shape index (κ1) is 24.3. The van der Waals surface area contributed by atoms with Gasteiger partial charge in [-0.3, -0.25) is 0 Å². The molecule has 0 aliphatic carbocycles. The zero-order valence-electron chi connectivity index (χ0n) is 18.0. The van der Waals surface area contributed by atoms with Crippen LogP contribution in [0.25, 0.3) is 0 Å². The number of unbranched alkanes of at least 4 members (excludes halogenated alkanes) is 3. The monoisotopic (exact) mass is 494 g/mol. The van der Waals surface area contributed by atoms with Crippen LogP contribution < -0.4 is 8.37 Å². The molecule has 0 aliphatic rings. The number of rotatable bonds is 11. The van der Waals surface area contributed by atoms with Crippen LogP contribution in [0.3, 0.4) is 0 Å². The fourth-order valence-corrected chi connectivity index (χ4v) is 5.64. The number of thiophene rings is 1. The molecule has 9 heteroatoms. The van der Waals surface area contributed by atoms with Crippen LogP contribution in [-0.2, 0) is 26.7 Å². The van der Waals surface area contributed by atoms with Gasteiger partial charge in [0.1, 0.15) is 9.79 Å². The quantitative estimate of drug-likeness (QED) is 0.250. The molecule has 32 heavy (non-hydrogen) atoms. The predicted molar refractivity (Wildman–Crippen MR) is 125 cm³/mol. The van der Waals surface area contributed by atoms with Crippen molar-refractivity contribution in [3.8, 4) is 11.5 Å². The van der Waals surface area contributed by atoms with Crippen LogP contribution in [0.15, 0.2) is 69.1 Å². The Hall–Kier alpha value is -2.36. The molecule has 2 aromatic carbocycles. The van der Waals surface area contributed by atoms with Crippen LogP contribution in [-0.4, -0.2) is 16.8 Å². The van der Waals surface area contributed by atoms with Crippen LogP contribution in [0.2, 0.25) is 0 Å². The molecule has 172 valence electrons. The maximum atomic E-state index is 12.7. The molecule has 0 saturated heterocycles. The van der Waals surface area contributed by atoms with E-state index in [-0.39, 0.29) is 21.3 Å². The lowest BCUT2D eigenvalue weighted by molar-refractivity contribution is 0.451. The minimum atomic E-state index is -4.15. The first-order chi connectivity index (χ1) is 15.2. The van der Waals surface area contributed by atoms with Gasteiger partial charge >= 0.3 is 20.2 Å². The average Bonchev–Trinajstić information content (AvgIpc) is 3.17. The van der Waals surface area contributed by atoms with E-state index in [1.807, 2.05) is 6.92 Å². The molecule has 0 fully saturated rings. The third-order valence-electron chi connectivity index (χ3n) is 4.83. The zero-order valence-corrected chi connectivity index (χ0v) is 20.4. The highest BCUT2D eigenvalue weighted by atomic mass is 32.2. The summed E-state index contributed by atoms with van der Waals surface area (Å²) >= 11 is 1.08. The number of hydrogen-bond acceptors (Lipinski definition) is 7. The van der Waals surface area contributed by atoms with Crippen molar-refractivity contribution in [3.05, 3.63) is 70.4 Å². The van der Waals surface area contributed by atoms with Gasteiger partial charge in [0.2, 0.25) is 0 Å². The maximum absolute atomic E-state index is 12.7. The van der Waals surface area contributed by atoms with E-state index < -0.39 is 20.2 Å². The van der Waals surface area contributed by atoms with Gasteiger partial charge in [0, 0.05) is 10.8 Å². The van der Waals surface area contributed by atoms with Crippen molar-refractivity contribution in [2.45, 2.75) is 55.7 Å². The minimum Gasteiger partial charge on any atom is -0.374 e. The number of benzene rings is 2. The molecular formula is C23H26O6S3. The summed E-state index contributed by atoms with van der Waals surface area (Å²) < 4.78 is 60.9. The van der Waals surface area contributed by atoms with E-state index in [2.05, 4.69) is 6.92 Å². The van der Waals surface area contributed by atoms with Crippen LogP contribution in [0.5, 0.6) is 11.5 Å². The molecule has 0 atom stereocenters. The molecule has 0 saturated carbocycles. The molecule has 0 radical (unpaired) electrons. The van der Waals surface area contributed by atoms with Crippen molar-refractivity contribution in [2.75, 3.05) is 0 Å². The smallest absolute Gasteiger partial charge is 0.339 e. The Bertz CT molecular complexity index is 1230. The lowest BCUT2D eigenvalue weighted by Crippen LogP contribution is -2.13. The molecule has 6 nitrogen and oxygen atoms in total. The Morgan fingerprint density at radius 2 is 1.22 bits per heavy atom. The van der Waals surface area contributed by atoms with Gasteiger partial charge in [-0.1, -0.05) is 56.0 Å². The molecule has 0 unspecified atom stereocenters. The van der Waals surface area contributed by atoms with Gasteiger partial charge in [-0.25, -0.2) is 0 Å². The topological polar surface area (TPSA) is 86.7 Å². The van der Waals surface area contributed by atoms with E-state index in [1.165, 1.54) is 41.4 Å². The van der Waals surface area contributed by atoms with Crippen molar-refractivity contribution in [1.29, 1.82) is 0 Å². The summed E-state index contributed by atoms with van der Waals surface area (Å²) in [4.78, 5) is -0.0361. The first-order valence-electron chi connectivity index (χ1n) is 10.3. The van der Waals surface area contributed by atoms with Crippen molar-refractivity contribution in [2.24, 2.45) is 0 Å². The van der Waals surface area contributed by atoms with Gasteiger partial charge in [-0.15, -0.1) is 11.3 Å². The Kier molecular flexibility index (Phi) is 7.97. The van der Waals surface area contributed by atoms with Crippen molar-refractivity contribution < 1.29 is 25.2 Å². The third kappa shape index (κ3) is 6.34. The fourth-order valence-electron chi connectivity index (χ4n) is 3.01. The maximum Gasteiger partial charge on any atom is 0.339 e. The molecule has 0 spiro atoms. The molecular weight excluding hydrogens is 468 g/mol. The Morgan fingerprint density at radius 3 is 1.72 bits per heavy atom. The molecule has 3 aromatic rings. The molecule has 1 aromatic heterocycles. The van der Waals surface area contributed by atoms with Crippen molar-refractivity contribution >= 4 is 31.6 Å². The second-order valence-corrected chi connectivity index (χ2v) is 11.3. The lowest BCUT2D eigenvalue weighted by Gasteiger charge is -2.10. The molecule has 0 bridgehead atoms. The summed E-state index contributed by atoms with van der Waals surface area (Å²) in [7, 11) is -8.28. The minimum absolute atomic E-state index is 0.00616. The van der Waals surface area contributed by atoms with E-state index in [0.717, 1.165) is 48.1 Å². The molecule has 3 rings (SSSR count). The predicted octanol–water partition coefficient (Wildman–Crippen LogP) is 5.71. The molecule has 0 N–H and O–H groups in total. The Morgan fingerprint density at radius 1 is 0.719 bits per heavy atom. The highest BCUT2D eigenvalue weighted by Crippen LogP contribution is 2.36. The largest absolute Gasteiger partial charge is 0.374 e. The van der Waals surface area contributed by atoms with E-state index in [0.29, 0.717) is 0 Å². The number of aryl methyl sites for hydroxylation is 2. The first-order valence-corrected chi connectivity index (χ1v) is 14.1. The van der Waals surface area contributed by atoms with Gasteiger partial charge in [0.05, 0.1) is 0 Å². The lowest BCUT2D eigenvalue weighted by atomic mass is 10.1. The summed E-state index contributed by atoms with van der Waals surface area (Å²) in [6.07, 6.45) is 5.44. The normalized spacial score (nSPS) is 11.9. The van der Waals surface area contributed by atoms with Crippen LogP contribution in [0.1, 0.15) is 43.7 Å². The summed E-state index contributed by atoms with van der Waals surface area (Å²) in [5.74, 6) is -0.346. The van der Waals surface area contributed by atoms with Crippen LogP contribution in [0.4, 0.5) is 0 Å². The SMILES string of the molecule is CCCCCCc1ccc(S(=O)(=O)Oc2cscc2OS(=O)(=O)c2ccc(C)cc2)cc1. The summed E-state index contributed by atoms with van der Waals surface area (Å²) in [6.45, 7) is 3.99. The van der Waals surface area contributed by atoms with Crippen molar-refractivity contribution in [3.63, 3.8) is 0 Å². The fraction of sp³-hybridized carbons (Fsp3) is 0.304. The summed E-state index contributed by atoms with van der Waals surface area (Å²) in [6, 6.07) is 12.7. The van der Waals surface area contributed by atoms with Gasteiger partial charge in [0.15, 0.2) is 11.5 Å². The van der Waals surface area contributed by atoms with Gasteiger partial charge in [-0.2, -0.15) is 16.8 Å². The molecule has 1 heterocycles. The van der Waals surface area contributed by atoms with Gasteiger partial charge < -0.3 is 8.37 Å². The average molecular weight is 495 g/mol. The van der Waals surface area contributed by atoms with Crippen LogP contribution in [0, 0.1) is 6.92 Å². The Labute approximate surface area is 194 Å². The Balaban J connectivity index is 1.71. The second-order valence-electron chi connectivity index (χ2n) is 7.44. The van der Waals surface area contributed by atoms with Gasteiger partial charge in [0.25, 0.3) is 0 Å². The highest BCUT2D eigenvalue weighted by molar-refractivity contribution is 7.87. The van der Waals surface area contributed by atoms with E-state index in [1.54, 1.807) is 24.3 Å². The summed E-state index contributed by atoms with van der Waals surface area (Å²) in [5, 5.41) is 2.77. The van der Waals surface area contributed by atoms with E-state index in [4.69, 9.17) is 8.37 Å². The standard InChI is InChI=1S/C23H26O6S3/c1-3-4-5-6-7-19-10-14-21(15-11-19)32(26,27)29-23-17-30-16-22(23)28-31(24,25)20-12-8-18(2)9-13-20/h8-17H,3-7H2,1-2H3. The number of hydrogen-bond donors (Lipinski definition) is 0. The summed E-state index contributed by atoms with van der Waals surface area (Å²) in [5.41, 5.74) is 1.96.